The van der Waals surface area contributed by atoms with Crippen LogP contribution in [0.1, 0.15) is 44.6 Å². The minimum atomic E-state index is -0.122. The SMILES string of the molecule is CCC(C)(C)n1nnnc1[C@H](c1ccccc1OC)[NH+]1CCSCC1. The standard InChI is InChI=1S/C18H27N5OS/c1-5-18(2,3)23-17(19-20-21-23)16(22-10-12-25-13-11-22)14-8-6-7-9-15(14)24-4/h6-9,16H,5,10-13H2,1-4H3/p+1/t16-/m0/s1. The summed E-state index contributed by atoms with van der Waals surface area (Å²) in [5.41, 5.74) is 1.04. The summed E-state index contributed by atoms with van der Waals surface area (Å²) in [7, 11) is 1.73. The van der Waals surface area contributed by atoms with Gasteiger partial charge in [0.2, 0.25) is 5.82 Å². The van der Waals surface area contributed by atoms with Crippen LogP contribution in [0, 0.1) is 0 Å². The van der Waals surface area contributed by atoms with Crippen LogP contribution in [0.2, 0.25) is 0 Å². The molecule has 1 saturated heterocycles. The van der Waals surface area contributed by atoms with Crippen LogP contribution in [0.4, 0.5) is 0 Å². The molecule has 0 saturated carbocycles. The lowest BCUT2D eigenvalue weighted by Crippen LogP contribution is -3.14. The van der Waals surface area contributed by atoms with Crippen molar-refractivity contribution in [3.8, 4) is 5.75 Å². The van der Waals surface area contributed by atoms with Gasteiger partial charge < -0.3 is 9.64 Å². The molecule has 0 amide bonds. The Labute approximate surface area is 153 Å². The topological polar surface area (TPSA) is 57.3 Å². The third-order valence-electron chi connectivity index (χ3n) is 5.18. The largest absolute Gasteiger partial charge is 0.496 e. The average Bonchev–Trinajstić information content (AvgIpc) is 3.13. The molecule has 0 aliphatic carbocycles. The molecule has 1 fully saturated rings. The summed E-state index contributed by atoms with van der Waals surface area (Å²) < 4.78 is 7.68. The summed E-state index contributed by atoms with van der Waals surface area (Å²) in [6.45, 7) is 8.76. The van der Waals surface area contributed by atoms with E-state index in [9.17, 15) is 0 Å². The summed E-state index contributed by atoms with van der Waals surface area (Å²) in [6, 6.07) is 8.34. The number of thioether (sulfide) groups is 1. The van der Waals surface area contributed by atoms with Gasteiger partial charge in [0.25, 0.3) is 0 Å². The number of nitrogens with one attached hydrogen (secondary N) is 1. The van der Waals surface area contributed by atoms with Gasteiger partial charge in [-0.15, -0.1) is 5.10 Å². The molecule has 6 nitrogen and oxygen atoms in total. The van der Waals surface area contributed by atoms with Crippen molar-refractivity contribution in [3.63, 3.8) is 0 Å². The van der Waals surface area contributed by atoms with Crippen molar-refractivity contribution >= 4 is 11.8 Å². The second-order valence-corrected chi connectivity index (χ2v) is 8.29. The fourth-order valence-corrected chi connectivity index (χ4v) is 4.34. The number of ether oxygens (including phenoxy) is 1. The van der Waals surface area contributed by atoms with Crippen molar-refractivity contribution in [1.82, 2.24) is 20.2 Å². The lowest BCUT2D eigenvalue weighted by molar-refractivity contribution is -0.922. The van der Waals surface area contributed by atoms with E-state index in [2.05, 4.69) is 48.4 Å². The zero-order chi connectivity index (χ0) is 17.9. The number of quaternary nitrogens is 1. The molecule has 1 aromatic carbocycles. The first-order valence-corrected chi connectivity index (χ1v) is 10.1. The van der Waals surface area contributed by atoms with Crippen molar-refractivity contribution in [2.24, 2.45) is 0 Å². The first-order valence-electron chi connectivity index (χ1n) is 8.92. The lowest BCUT2D eigenvalue weighted by atomic mass is 9.99. The van der Waals surface area contributed by atoms with Crippen LogP contribution in [0.5, 0.6) is 5.75 Å². The highest BCUT2D eigenvalue weighted by atomic mass is 32.2. The quantitative estimate of drug-likeness (QED) is 0.845. The molecule has 1 atom stereocenters. The molecular weight excluding hydrogens is 334 g/mol. The Morgan fingerprint density at radius 2 is 2.00 bits per heavy atom. The molecule has 7 heteroatoms. The van der Waals surface area contributed by atoms with Gasteiger partial charge in [-0.3, -0.25) is 0 Å². The minimum Gasteiger partial charge on any atom is -0.496 e. The van der Waals surface area contributed by atoms with Crippen LogP contribution >= 0.6 is 11.8 Å². The third-order valence-corrected chi connectivity index (χ3v) is 6.17. The lowest BCUT2D eigenvalue weighted by Gasteiger charge is -2.33. The normalized spacial score (nSPS) is 17.4. The number of benzene rings is 1. The number of methoxy groups -OCH3 is 1. The Morgan fingerprint density at radius 1 is 1.28 bits per heavy atom. The van der Waals surface area contributed by atoms with Crippen molar-refractivity contribution in [2.75, 3.05) is 31.7 Å². The number of nitrogens with zero attached hydrogens (tertiary/aromatic N) is 4. The van der Waals surface area contributed by atoms with Crippen LogP contribution < -0.4 is 9.64 Å². The maximum absolute atomic E-state index is 5.67. The van der Waals surface area contributed by atoms with Crippen molar-refractivity contribution in [2.45, 2.75) is 38.8 Å². The summed E-state index contributed by atoms with van der Waals surface area (Å²) in [5, 5.41) is 12.9. The van der Waals surface area contributed by atoms with E-state index in [1.165, 1.54) is 16.4 Å². The molecule has 0 spiro atoms. The summed E-state index contributed by atoms with van der Waals surface area (Å²) in [6.07, 6.45) is 0.967. The maximum Gasteiger partial charge on any atom is 0.214 e. The monoisotopic (exact) mass is 362 g/mol. The molecule has 2 aromatic rings. The zero-order valence-electron chi connectivity index (χ0n) is 15.5. The highest BCUT2D eigenvalue weighted by Crippen LogP contribution is 2.30. The second-order valence-electron chi connectivity index (χ2n) is 7.06. The van der Waals surface area contributed by atoms with Crippen LogP contribution in [0.3, 0.4) is 0 Å². The third kappa shape index (κ3) is 3.67. The van der Waals surface area contributed by atoms with Gasteiger partial charge in [0, 0.05) is 11.5 Å². The van der Waals surface area contributed by atoms with Crippen LogP contribution in [-0.4, -0.2) is 51.9 Å². The van der Waals surface area contributed by atoms with E-state index in [0.29, 0.717) is 0 Å². The van der Waals surface area contributed by atoms with Gasteiger partial charge in [0.15, 0.2) is 6.04 Å². The number of aromatic nitrogens is 4. The number of hydrogen-bond donors (Lipinski definition) is 1. The smallest absolute Gasteiger partial charge is 0.214 e. The number of tetrazole rings is 1. The van der Waals surface area contributed by atoms with Gasteiger partial charge in [0.05, 0.1) is 31.3 Å². The molecule has 0 bridgehead atoms. The molecule has 136 valence electrons. The molecule has 3 rings (SSSR count). The first kappa shape index (κ1) is 18.2. The Kier molecular flexibility index (Phi) is 5.64. The van der Waals surface area contributed by atoms with Crippen LogP contribution in [0.25, 0.3) is 0 Å². The first-order chi connectivity index (χ1) is 12.1. The highest BCUT2D eigenvalue weighted by molar-refractivity contribution is 7.99. The molecule has 1 N–H and O–H groups in total. The molecule has 1 aromatic heterocycles. The van der Waals surface area contributed by atoms with E-state index in [1.807, 2.05) is 28.6 Å². The Hall–Kier alpha value is -1.60. The molecular formula is C18H28N5OS+. The van der Waals surface area contributed by atoms with E-state index in [4.69, 9.17) is 4.74 Å². The predicted molar refractivity (Wildman–Crippen MR) is 100 cm³/mol. The van der Waals surface area contributed by atoms with Gasteiger partial charge >= 0.3 is 0 Å². The van der Waals surface area contributed by atoms with Gasteiger partial charge in [-0.1, -0.05) is 19.1 Å². The Morgan fingerprint density at radius 3 is 2.68 bits per heavy atom. The number of rotatable bonds is 6. The summed E-state index contributed by atoms with van der Waals surface area (Å²) in [5.74, 6) is 4.17. The fraction of sp³-hybridized carbons (Fsp3) is 0.611. The Bertz CT molecular complexity index is 696. The highest BCUT2D eigenvalue weighted by Gasteiger charge is 2.37. The van der Waals surface area contributed by atoms with E-state index >= 15 is 0 Å². The van der Waals surface area contributed by atoms with Crippen LogP contribution in [-0.2, 0) is 5.54 Å². The van der Waals surface area contributed by atoms with E-state index in [-0.39, 0.29) is 11.6 Å². The molecule has 25 heavy (non-hydrogen) atoms. The zero-order valence-corrected chi connectivity index (χ0v) is 16.3. The molecule has 2 heterocycles. The van der Waals surface area contributed by atoms with Crippen molar-refractivity contribution < 1.29 is 9.64 Å². The van der Waals surface area contributed by atoms with E-state index < -0.39 is 0 Å². The second kappa shape index (κ2) is 7.74. The number of hydrogen-bond acceptors (Lipinski definition) is 5. The van der Waals surface area contributed by atoms with Gasteiger partial charge in [0.1, 0.15) is 5.75 Å². The summed E-state index contributed by atoms with van der Waals surface area (Å²) >= 11 is 2.02. The van der Waals surface area contributed by atoms with Crippen LogP contribution in [0.15, 0.2) is 24.3 Å². The van der Waals surface area contributed by atoms with Crippen molar-refractivity contribution in [3.05, 3.63) is 35.7 Å². The van der Waals surface area contributed by atoms with Gasteiger partial charge in [-0.2, -0.15) is 11.8 Å². The van der Waals surface area contributed by atoms with Crippen molar-refractivity contribution in [1.29, 1.82) is 0 Å². The molecule has 0 unspecified atom stereocenters. The van der Waals surface area contributed by atoms with Gasteiger partial charge in [-0.25, -0.2) is 4.68 Å². The predicted octanol–water partition coefficient (Wildman–Crippen LogP) is 1.55. The minimum absolute atomic E-state index is 0.0814. The summed E-state index contributed by atoms with van der Waals surface area (Å²) in [4.78, 5) is 1.51. The Balaban J connectivity index is 2.11. The molecule has 1 aliphatic heterocycles. The number of para-hydroxylation sites is 1. The fourth-order valence-electron chi connectivity index (χ4n) is 3.32. The van der Waals surface area contributed by atoms with Gasteiger partial charge in [-0.05, 0) is 42.8 Å². The van der Waals surface area contributed by atoms with E-state index in [0.717, 1.165) is 36.6 Å². The van der Waals surface area contributed by atoms with E-state index in [1.54, 1.807) is 7.11 Å². The maximum atomic E-state index is 5.67. The molecule has 1 aliphatic rings. The average molecular weight is 363 g/mol. The molecule has 0 radical (unpaired) electrons.